The Labute approximate surface area is 124 Å². The molecule has 1 rings (SSSR count). The largest absolute Gasteiger partial charge is 0.481 e. The molecule has 0 spiro atoms. The van der Waals surface area contributed by atoms with Crippen molar-refractivity contribution < 1.29 is 23.1 Å². The number of nitrogens with one attached hydrogen (secondary N) is 1. The van der Waals surface area contributed by atoms with E-state index >= 15 is 0 Å². The van der Waals surface area contributed by atoms with Crippen molar-refractivity contribution in [3.05, 3.63) is 29.8 Å². The summed E-state index contributed by atoms with van der Waals surface area (Å²) in [6.07, 6.45) is 0.318. The lowest BCUT2D eigenvalue weighted by Crippen LogP contribution is -2.32. The van der Waals surface area contributed by atoms with Crippen LogP contribution in [-0.4, -0.2) is 37.2 Å². The molecule has 2 N–H and O–H groups in total. The maximum absolute atomic E-state index is 11.9. The van der Waals surface area contributed by atoms with Crippen LogP contribution in [0.3, 0.4) is 0 Å². The molecule has 116 valence electrons. The number of benzene rings is 1. The van der Waals surface area contributed by atoms with Crippen LogP contribution in [0.5, 0.6) is 0 Å². The number of carbonyl (C=O) groups is 2. The molecule has 0 aliphatic carbocycles. The van der Waals surface area contributed by atoms with Gasteiger partial charge in [-0.25, -0.2) is 8.42 Å². The normalized spacial score (nSPS) is 12.7. The number of carboxylic acid groups (broad SMARTS) is 1. The fraction of sp³-hybridized carbons (Fsp3) is 0.429. The van der Waals surface area contributed by atoms with Crippen LogP contribution in [0.2, 0.25) is 0 Å². The zero-order valence-corrected chi connectivity index (χ0v) is 12.8. The lowest BCUT2D eigenvalue weighted by Gasteiger charge is -2.13. The molecule has 0 bridgehead atoms. The van der Waals surface area contributed by atoms with Crippen molar-refractivity contribution in [1.82, 2.24) is 5.32 Å². The average Bonchev–Trinajstić information content (AvgIpc) is 2.45. The van der Waals surface area contributed by atoms with E-state index in [0.29, 0.717) is 12.0 Å². The topological polar surface area (TPSA) is 101 Å². The lowest BCUT2D eigenvalue weighted by atomic mass is 10.1. The molecule has 0 aliphatic rings. The molecule has 0 heterocycles. The monoisotopic (exact) mass is 313 g/mol. The number of amides is 1. The van der Waals surface area contributed by atoms with Gasteiger partial charge in [0.25, 0.3) is 5.91 Å². The summed E-state index contributed by atoms with van der Waals surface area (Å²) in [4.78, 5) is 22.6. The van der Waals surface area contributed by atoms with Crippen LogP contribution >= 0.6 is 0 Å². The first-order valence-corrected chi connectivity index (χ1v) is 8.27. The van der Waals surface area contributed by atoms with Crippen molar-refractivity contribution in [3.8, 4) is 0 Å². The Kier molecular flexibility index (Phi) is 5.90. The highest BCUT2D eigenvalue weighted by Crippen LogP contribution is 2.12. The third-order valence-corrected chi connectivity index (χ3v) is 4.77. The Balaban J connectivity index is 2.70. The summed E-state index contributed by atoms with van der Waals surface area (Å²) in [5.74, 6) is -1.26. The van der Waals surface area contributed by atoms with Crippen LogP contribution in [0, 0.1) is 0 Å². The minimum Gasteiger partial charge on any atom is -0.481 e. The van der Waals surface area contributed by atoms with Crippen LogP contribution in [0.15, 0.2) is 29.2 Å². The molecule has 1 amide bonds. The Morgan fingerprint density at radius 2 is 1.81 bits per heavy atom. The van der Waals surface area contributed by atoms with Crippen LogP contribution < -0.4 is 5.32 Å². The molecular formula is C14H19NO5S. The predicted octanol–water partition coefficient (Wildman–Crippen LogP) is 1.46. The Hall–Kier alpha value is -1.89. The first kappa shape index (κ1) is 17.2. The Morgan fingerprint density at radius 3 is 2.29 bits per heavy atom. The highest BCUT2D eigenvalue weighted by atomic mass is 32.2. The summed E-state index contributed by atoms with van der Waals surface area (Å²) < 4.78 is 23.3. The molecule has 1 aromatic carbocycles. The van der Waals surface area contributed by atoms with Crippen LogP contribution in [0.25, 0.3) is 0 Å². The number of hydrogen-bond donors (Lipinski definition) is 2. The molecular weight excluding hydrogens is 294 g/mol. The maximum atomic E-state index is 11.9. The molecule has 0 saturated carbocycles. The third-order valence-electron chi connectivity index (χ3n) is 3.02. The standard InChI is InChI=1S/C14H19NO5S/c1-3-21(19,20)12-7-5-11(6-8-12)14(18)15-10(2)4-9-13(16)17/h5-8,10H,3-4,9H2,1-2H3,(H,15,18)(H,16,17). The second kappa shape index (κ2) is 7.21. The van der Waals surface area contributed by atoms with E-state index in [1.165, 1.54) is 24.3 Å². The van der Waals surface area contributed by atoms with Gasteiger partial charge in [0.15, 0.2) is 9.84 Å². The number of aliphatic carboxylic acids is 1. The fourth-order valence-electron chi connectivity index (χ4n) is 1.70. The van der Waals surface area contributed by atoms with Gasteiger partial charge in [-0.1, -0.05) is 6.92 Å². The van der Waals surface area contributed by atoms with E-state index < -0.39 is 15.8 Å². The lowest BCUT2D eigenvalue weighted by molar-refractivity contribution is -0.137. The predicted molar refractivity (Wildman–Crippen MR) is 78.0 cm³/mol. The molecule has 0 radical (unpaired) electrons. The van der Waals surface area contributed by atoms with Gasteiger partial charge in [0.1, 0.15) is 0 Å². The van der Waals surface area contributed by atoms with Gasteiger partial charge in [0, 0.05) is 18.0 Å². The molecule has 21 heavy (non-hydrogen) atoms. The number of rotatable bonds is 7. The van der Waals surface area contributed by atoms with Crippen LogP contribution in [0.4, 0.5) is 0 Å². The van der Waals surface area contributed by atoms with E-state index in [1.54, 1.807) is 13.8 Å². The van der Waals surface area contributed by atoms with Crippen molar-refractivity contribution in [2.75, 3.05) is 5.75 Å². The first-order chi connectivity index (χ1) is 9.76. The minimum atomic E-state index is -3.28. The molecule has 7 heteroatoms. The van der Waals surface area contributed by atoms with E-state index in [0.717, 1.165) is 0 Å². The molecule has 6 nitrogen and oxygen atoms in total. The first-order valence-electron chi connectivity index (χ1n) is 6.61. The molecule has 1 unspecified atom stereocenters. The second-order valence-corrected chi connectivity index (χ2v) is 7.01. The summed E-state index contributed by atoms with van der Waals surface area (Å²) in [6.45, 7) is 3.27. The van der Waals surface area contributed by atoms with Crippen LogP contribution in [-0.2, 0) is 14.6 Å². The summed E-state index contributed by atoms with van der Waals surface area (Å²) in [5, 5.41) is 11.2. The molecule has 0 aromatic heterocycles. The summed E-state index contributed by atoms with van der Waals surface area (Å²) in [7, 11) is -3.28. The number of carboxylic acids is 1. The smallest absolute Gasteiger partial charge is 0.303 e. The molecule has 1 aromatic rings. The van der Waals surface area contributed by atoms with Gasteiger partial charge in [0.2, 0.25) is 0 Å². The average molecular weight is 313 g/mol. The van der Waals surface area contributed by atoms with Crippen LogP contribution in [0.1, 0.15) is 37.0 Å². The SMILES string of the molecule is CCS(=O)(=O)c1ccc(C(=O)NC(C)CCC(=O)O)cc1. The highest BCUT2D eigenvalue weighted by Gasteiger charge is 2.14. The molecule has 0 aliphatic heterocycles. The zero-order valence-electron chi connectivity index (χ0n) is 12.0. The van der Waals surface area contributed by atoms with Crippen molar-refractivity contribution in [1.29, 1.82) is 0 Å². The van der Waals surface area contributed by atoms with Crippen molar-refractivity contribution in [2.45, 2.75) is 37.6 Å². The van der Waals surface area contributed by atoms with E-state index in [9.17, 15) is 18.0 Å². The fourth-order valence-corrected chi connectivity index (χ4v) is 2.58. The zero-order chi connectivity index (χ0) is 16.0. The van der Waals surface area contributed by atoms with Gasteiger partial charge < -0.3 is 10.4 Å². The van der Waals surface area contributed by atoms with E-state index in [4.69, 9.17) is 5.11 Å². The van der Waals surface area contributed by atoms with Gasteiger partial charge in [-0.05, 0) is 37.6 Å². The number of carbonyl (C=O) groups excluding carboxylic acids is 1. The third kappa shape index (κ3) is 5.18. The van der Waals surface area contributed by atoms with Gasteiger partial charge >= 0.3 is 5.97 Å². The molecule has 0 fully saturated rings. The summed E-state index contributed by atoms with van der Waals surface area (Å²) in [6, 6.07) is 5.42. The number of sulfone groups is 1. The minimum absolute atomic E-state index is 0.00473. The quantitative estimate of drug-likeness (QED) is 0.793. The molecule has 0 saturated heterocycles. The van der Waals surface area contributed by atoms with Gasteiger partial charge in [-0.3, -0.25) is 9.59 Å². The van der Waals surface area contributed by atoms with Crippen molar-refractivity contribution in [2.24, 2.45) is 0 Å². The van der Waals surface area contributed by atoms with Crippen molar-refractivity contribution in [3.63, 3.8) is 0 Å². The van der Waals surface area contributed by atoms with Crippen molar-refractivity contribution >= 4 is 21.7 Å². The number of hydrogen-bond acceptors (Lipinski definition) is 4. The highest BCUT2D eigenvalue weighted by molar-refractivity contribution is 7.91. The Morgan fingerprint density at radius 1 is 1.24 bits per heavy atom. The molecule has 1 atom stereocenters. The summed E-state index contributed by atoms with van der Waals surface area (Å²) in [5.41, 5.74) is 0.340. The van der Waals surface area contributed by atoms with E-state index in [1.807, 2.05) is 0 Å². The van der Waals surface area contributed by atoms with Gasteiger partial charge in [0.05, 0.1) is 10.6 Å². The second-order valence-electron chi connectivity index (χ2n) is 4.73. The summed E-state index contributed by atoms with van der Waals surface area (Å²) >= 11 is 0. The van der Waals surface area contributed by atoms with E-state index in [-0.39, 0.29) is 29.0 Å². The maximum Gasteiger partial charge on any atom is 0.303 e. The van der Waals surface area contributed by atoms with E-state index in [2.05, 4.69) is 5.32 Å². The van der Waals surface area contributed by atoms with Gasteiger partial charge in [-0.2, -0.15) is 0 Å². The van der Waals surface area contributed by atoms with Gasteiger partial charge in [-0.15, -0.1) is 0 Å². The Bertz CT molecular complexity index is 607.